The molecule has 1 nitrogen and oxygen atoms in total. The van der Waals surface area contributed by atoms with Crippen LogP contribution in [0, 0.1) is 11.8 Å². The van der Waals surface area contributed by atoms with E-state index in [9.17, 15) is 0 Å². The largest absolute Gasteiger partial charge is 0.324 e. The van der Waals surface area contributed by atoms with Gasteiger partial charge in [0.05, 0.1) is 0 Å². The van der Waals surface area contributed by atoms with Crippen LogP contribution in [-0.2, 0) is 0 Å². The predicted molar refractivity (Wildman–Crippen MR) is 47.1 cm³/mol. The normalized spacial score (nSPS) is 42.1. The Morgan fingerprint density at radius 1 is 1.18 bits per heavy atom. The zero-order valence-electron chi connectivity index (χ0n) is 6.74. The first kappa shape index (κ1) is 7.11. The fraction of sp³-hybridized carbons (Fsp3) is 0.600. The lowest BCUT2D eigenvalue weighted by Gasteiger charge is -2.33. The van der Waals surface area contributed by atoms with Gasteiger partial charge >= 0.3 is 0 Å². The molecule has 0 amide bonds. The standard InChI is InChI=1S/C10H15N/c11-10-7-3-5-8-4-1-2-6-9(8)10/h1,3-4,7-10H,2,5-6,11H2. The third kappa shape index (κ3) is 1.25. The molecule has 0 aliphatic heterocycles. The molecule has 0 saturated carbocycles. The Morgan fingerprint density at radius 2 is 2.09 bits per heavy atom. The van der Waals surface area contributed by atoms with Crippen LogP contribution in [0.5, 0.6) is 0 Å². The smallest absolute Gasteiger partial charge is 0.0258 e. The average Bonchev–Trinajstić information content (AvgIpc) is 2.06. The summed E-state index contributed by atoms with van der Waals surface area (Å²) >= 11 is 0. The summed E-state index contributed by atoms with van der Waals surface area (Å²) in [5.41, 5.74) is 5.97. The van der Waals surface area contributed by atoms with Crippen molar-refractivity contribution in [2.75, 3.05) is 0 Å². The molecule has 2 rings (SSSR count). The van der Waals surface area contributed by atoms with Crippen LogP contribution in [-0.4, -0.2) is 6.04 Å². The molecule has 60 valence electrons. The molecule has 0 radical (unpaired) electrons. The van der Waals surface area contributed by atoms with Gasteiger partial charge in [0.2, 0.25) is 0 Å². The van der Waals surface area contributed by atoms with Crippen LogP contribution in [0.2, 0.25) is 0 Å². The molecule has 0 fully saturated rings. The number of fused-ring (bicyclic) bond motifs is 1. The minimum atomic E-state index is 0.318. The van der Waals surface area contributed by atoms with Crippen LogP contribution < -0.4 is 5.73 Å². The van der Waals surface area contributed by atoms with Crippen molar-refractivity contribution < 1.29 is 0 Å². The fourth-order valence-corrected chi connectivity index (χ4v) is 2.18. The van der Waals surface area contributed by atoms with Crippen molar-refractivity contribution in [3.8, 4) is 0 Å². The molecule has 2 aliphatic rings. The first-order valence-corrected chi connectivity index (χ1v) is 4.47. The van der Waals surface area contributed by atoms with E-state index in [-0.39, 0.29) is 0 Å². The molecule has 0 heterocycles. The van der Waals surface area contributed by atoms with Crippen LogP contribution >= 0.6 is 0 Å². The minimum absolute atomic E-state index is 0.318. The highest BCUT2D eigenvalue weighted by molar-refractivity contribution is 5.11. The Bertz CT molecular complexity index is 193. The third-order valence-electron chi connectivity index (χ3n) is 2.86. The number of hydrogen-bond donors (Lipinski definition) is 1. The summed E-state index contributed by atoms with van der Waals surface area (Å²) in [4.78, 5) is 0. The SMILES string of the molecule is NC1C=CCC2C=CCCC12. The van der Waals surface area contributed by atoms with Gasteiger partial charge < -0.3 is 5.73 Å². The fourth-order valence-electron chi connectivity index (χ4n) is 2.18. The molecular formula is C10H15N. The third-order valence-corrected chi connectivity index (χ3v) is 2.86. The lowest BCUT2D eigenvalue weighted by atomic mass is 9.75. The molecule has 3 atom stereocenters. The van der Waals surface area contributed by atoms with E-state index in [1.54, 1.807) is 0 Å². The monoisotopic (exact) mass is 149 g/mol. The van der Waals surface area contributed by atoms with E-state index in [0.29, 0.717) is 6.04 Å². The number of hydrogen-bond acceptors (Lipinski definition) is 1. The van der Waals surface area contributed by atoms with Crippen molar-refractivity contribution in [1.82, 2.24) is 0 Å². The molecule has 0 saturated heterocycles. The summed E-state index contributed by atoms with van der Waals surface area (Å²) in [5.74, 6) is 1.47. The number of allylic oxidation sites excluding steroid dienone is 3. The van der Waals surface area contributed by atoms with Crippen LogP contribution in [0.4, 0.5) is 0 Å². The van der Waals surface area contributed by atoms with E-state index in [0.717, 1.165) is 11.8 Å². The molecule has 11 heavy (non-hydrogen) atoms. The van der Waals surface area contributed by atoms with Gasteiger partial charge in [-0.3, -0.25) is 0 Å². The van der Waals surface area contributed by atoms with Gasteiger partial charge in [0.25, 0.3) is 0 Å². The second-order valence-electron chi connectivity index (χ2n) is 3.57. The van der Waals surface area contributed by atoms with E-state index < -0.39 is 0 Å². The van der Waals surface area contributed by atoms with Gasteiger partial charge in [-0.15, -0.1) is 0 Å². The molecule has 0 aromatic rings. The summed E-state index contributed by atoms with van der Waals surface area (Å²) < 4.78 is 0. The highest BCUT2D eigenvalue weighted by atomic mass is 14.7. The van der Waals surface area contributed by atoms with Crippen molar-refractivity contribution in [2.24, 2.45) is 17.6 Å². The van der Waals surface area contributed by atoms with Crippen molar-refractivity contribution in [3.63, 3.8) is 0 Å². The van der Waals surface area contributed by atoms with Crippen LogP contribution in [0.15, 0.2) is 24.3 Å². The van der Waals surface area contributed by atoms with Crippen LogP contribution in [0.1, 0.15) is 19.3 Å². The maximum atomic E-state index is 5.97. The second kappa shape index (κ2) is 2.82. The molecule has 0 aromatic carbocycles. The summed E-state index contributed by atoms with van der Waals surface area (Å²) in [5, 5.41) is 0. The topological polar surface area (TPSA) is 26.0 Å². The van der Waals surface area contributed by atoms with Crippen molar-refractivity contribution in [2.45, 2.75) is 25.3 Å². The summed E-state index contributed by atoms with van der Waals surface area (Å²) in [6, 6.07) is 0.318. The first-order valence-electron chi connectivity index (χ1n) is 4.47. The van der Waals surface area contributed by atoms with Gasteiger partial charge in [-0.2, -0.15) is 0 Å². The average molecular weight is 149 g/mol. The van der Waals surface area contributed by atoms with E-state index in [1.807, 2.05) is 0 Å². The van der Waals surface area contributed by atoms with E-state index in [4.69, 9.17) is 5.73 Å². The Labute approximate surface area is 68.0 Å². The molecule has 0 spiro atoms. The Kier molecular flexibility index (Phi) is 1.82. The maximum absolute atomic E-state index is 5.97. The van der Waals surface area contributed by atoms with Crippen LogP contribution in [0.25, 0.3) is 0 Å². The quantitative estimate of drug-likeness (QED) is 0.523. The predicted octanol–water partition coefficient (Wildman–Crippen LogP) is 1.86. The molecule has 3 unspecified atom stereocenters. The summed E-state index contributed by atoms with van der Waals surface area (Å²) in [6.45, 7) is 0. The van der Waals surface area contributed by atoms with Gasteiger partial charge in [-0.1, -0.05) is 24.3 Å². The van der Waals surface area contributed by atoms with Crippen molar-refractivity contribution in [1.29, 1.82) is 0 Å². The van der Waals surface area contributed by atoms with Gasteiger partial charge in [-0.05, 0) is 31.1 Å². The Hall–Kier alpha value is -0.560. The van der Waals surface area contributed by atoms with Crippen molar-refractivity contribution in [3.05, 3.63) is 24.3 Å². The Balaban J connectivity index is 2.17. The van der Waals surface area contributed by atoms with Gasteiger partial charge in [0, 0.05) is 6.04 Å². The second-order valence-corrected chi connectivity index (χ2v) is 3.57. The minimum Gasteiger partial charge on any atom is -0.324 e. The number of nitrogens with two attached hydrogens (primary N) is 1. The summed E-state index contributed by atoms with van der Waals surface area (Å²) in [7, 11) is 0. The molecule has 2 aliphatic carbocycles. The maximum Gasteiger partial charge on any atom is 0.0258 e. The first-order chi connectivity index (χ1) is 5.38. The van der Waals surface area contributed by atoms with E-state index in [2.05, 4.69) is 24.3 Å². The van der Waals surface area contributed by atoms with Crippen molar-refractivity contribution >= 4 is 0 Å². The zero-order valence-corrected chi connectivity index (χ0v) is 6.74. The van der Waals surface area contributed by atoms with Gasteiger partial charge in [0.15, 0.2) is 0 Å². The molecule has 2 N–H and O–H groups in total. The molecule has 0 aromatic heterocycles. The summed E-state index contributed by atoms with van der Waals surface area (Å²) in [6.07, 6.45) is 12.7. The molecular weight excluding hydrogens is 134 g/mol. The highest BCUT2D eigenvalue weighted by Gasteiger charge is 2.27. The number of rotatable bonds is 0. The lowest BCUT2D eigenvalue weighted by Crippen LogP contribution is -2.36. The van der Waals surface area contributed by atoms with Crippen LogP contribution in [0.3, 0.4) is 0 Å². The van der Waals surface area contributed by atoms with Gasteiger partial charge in [0.1, 0.15) is 0 Å². The van der Waals surface area contributed by atoms with Gasteiger partial charge in [-0.25, -0.2) is 0 Å². The molecule has 1 heteroatoms. The highest BCUT2D eigenvalue weighted by Crippen LogP contribution is 2.32. The lowest BCUT2D eigenvalue weighted by molar-refractivity contribution is 0.314. The van der Waals surface area contributed by atoms with E-state index >= 15 is 0 Å². The zero-order chi connectivity index (χ0) is 7.68. The molecule has 0 bridgehead atoms. The van der Waals surface area contributed by atoms with E-state index in [1.165, 1.54) is 19.3 Å². The Morgan fingerprint density at radius 3 is 2.91 bits per heavy atom.